The van der Waals surface area contributed by atoms with Crippen molar-refractivity contribution in [2.24, 2.45) is 0 Å². The summed E-state index contributed by atoms with van der Waals surface area (Å²) >= 11 is 12.1. The minimum absolute atomic E-state index is 0.395. The summed E-state index contributed by atoms with van der Waals surface area (Å²) in [6, 6.07) is 11.3. The molecule has 7 heteroatoms. The van der Waals surface area contributed by atoms with E-state index in [1.54, 1.807) is 18.2 Å². The number of halogens is 2. The van der Waals surface area contributed by atoms with Gasteiger partial charge in [0.1, 0.15) is 0 Å². The van der Waals surface area contributed by atoms with Crippen LogP contribution in [0.15, 0.2) is 42.6 Å². The highest BCUT2D eigenvalue weighted by Crippen LogP contribution is 2.28. The first-order valence-corrected chi connectivity index (χ1v) is 8.03. The number of benzene rings is 2. The molecule has 3 rings (SSSR count). The Kier molecular flexibility index (Phi) is 4.83. The third-order valence-corrected chi connectivity index (χ3v) is 3.95. The lowest BCUT2D eigenvalue weighted by atomic mass is 10.1. The quantitative estimate of drug-likeness (QED) is 0.663. The van der Waals surface area contributed by atoms with Crippen LogP contribution in [0.4, 0.5) is 23.1 Å². The van der Waals surface area contributed by atoms with Gasteiger partial charge < -0.3 is 10.6 Å². The highest BCUT2D eigenvalue weighted by atomic mass is 35.5. The van der Waals surface area contributed by atoms with Crippen molar-refractivity contribution in [1.82, 2.24) is 15.2 Å². The molecular weight excluding hydrogens is 345 g/mol. The number of anilines is 4. The zero-order valence-corrected chi connectivity index (χ0v) is 14.7. The van der Waals surface area contributed by atoms with E-state index in [9.17, 15) is 0 Å². The van der Waals surface area contributed by atoms with Crippen molar-refractivity contribution in [2.45, 2.75) is 13.8 Å². The van der Waals surface area contributed by atoms with Gasteiger partial charge in [-0.2, -0.15) is 10.1 Å². The molecule has 5 nitrogen and oxygen atoms in total. The van der Waals surface area contributed by atoms with E-state index >= 15 is 0 Å². The van der Waals surface area contributed by atoms with E-state index in [0.717, 1.165) is 16.8 Å². The minimum atomic E-state index is 0.395. The Morgan fingerprint density at radius 1 is 0.917 bits per heavy atom. The number of nitrogens with zero attached hydrogens (tertiary/aromatic N) is 3. The summed E-state index contributed by atoms with van der Waals surface area (Å²) in [5.41, 5.74) is 3.84. The van der Waals surface area contributed by atoms with Crippen LogP contribution in [0.1, 0.15) is 11.1 Å². The molecule has 0 aliphatic heterocycles. The van der Waals surface area contributed by atoms with Gasteiger partial charge in [-0.25, -0.2) is 0 Å². The van der Waals surface area contributed by atoms with Gasteiger partial charge in [0.2, 0.25) is 5.95 Å². The van der Waals surface area contributed by atoms with E-state index in [0.29, 0.717) is 27.5 Å². The number of rotatable bonds is 4. The molecule has 24 heavy (non-hydrogen) atoms. The number of hydrogen-bond acceptors (Lipinski definition) is 5. The normalized spacial score (nSPS) is 10.5. The monoisotopic (exact) mass is 359 g/mol. The fraction of sp³-hybridized carbons (Fsp3) is 0.118. The number of aryl methyl sites for hydroxylation is 2. The molecule has 3 aromatic rings. The molecule has 122 valence electrons. The number of nitrogens with one attached hydrogen (secondary N) is 2. The molecular formula is C17H15Cl2N5. The average Bonchev–Trinajstić information content (AvgIpc) is 2.55. The van der Waals surface area contributed by atoms with Gasteiger partial charge in [0.25, 0.3) is 0 Å². The van der Waals surface area contributed by atoms with Crippen LogP contribution in [0, 0.1) is 13.8 Å². The van der Waals surface area contributed by atoms with Gasteiger partial charge in [0.15, 0.2) is 5.82 Å². The Bertz CT molecular complexity index is 814. The van der Waals surface area contributed by atoms with Crippen molar-refractivity contribution in [2.75, 3.05) is 10.6 Å². The smallest absolute Gasteiger partial charge is 0.249 e. The molecule has 2 N–H and O–H groups in total. The third kappa shape index (κ3) is 3.93. The van der Waals surface area contributed by atoms with E-state index in [4.69, 9.17) is 23.2 Å². The molecule has 0 aliphatic rings. The zero-order chi connectivity index (χ0) is 17.1. The molecule has 0 saturated heterocycles. The van der Waals surface area contributed by atoms with Crippen LogP contribution in [-0.2, 0) is 0 Å². The van der Waals surface area contributed by atoms with Crippen LogP contribution in [0.25, 0.3) is 0 Å². The number of aromatic nitrogens is 3. The largest absolute Gasteiger partial charge is 0.338 e. The van der Waals surface area contributed by atoms with Gasteiger partial charge in [-0.05, 0) is 49.2 Å². The van der Waals surface area contributed by atoms with Crippen LogP contribution in [0.2, 0.25) is 10.0 Å². The van der Waals surface area contributed by atoms with Gasteiger partial charge in [0, 0.05) is 10.7 Å². The predicted octanol–water partition coefficient (Wildman–Crippen LogP) is 5.28. The first-order chi connectivity index (χ1) is 11.5. The Balaban J connectivity index is 1.84. The van der Waals surface area contributed by atoms with E-state index < -0.39 is 0 Å². The molecule has 0 spiro atoms. The van der Waals surface area contributed by atoms with Crippen LogP contribution < -0.4 is 10.6 Å². The van der Waals surface area contributed by atoms with Crippen molar-refractivity contribution in [3.63, 3.8) is 0 Å². The predicted molar refractivity (Wildman–Crippen MR) is 98.8 cm³/mol. The highest BCUT2D eigenvalue weighted by Gasteiger charge is 2.07. The van der Waals surface area contributed by atoms with Crippen LogP contribution in [-0.4, -0.2) is 15.2 Å². The molecule has 0 amide bonds. The van der Waals surface area contributed by atoms with Gasteiger partial charge in [0.05, 0.1) is 16.9 Å². The van der Waals surface area contributed by atoms with Crippen LogP contribution >= 0.6 is 23.2 Å². The van der Waals surface area contributed by atoms with Gasteiger partial charge in [-0.3, -0.25) is 0 Å². The second kappa shape index (κ2) is 7.03. The van der Waals surface area contributed by atoms with Gasteiger partial charge >= 0.3 is 0 Å². The zero-order valence-electron chi connectivity index (χ0n) is 13.1. The lowest BCUT2D eigenvalue weighted by Crippen LogP contribution is -2.03. The second-order valence-corrected chi connectivity index (χ2v) is 6.20. The van der Waals surface area contributed by atoms with E-state index in [2.05, 4.69) is 31.9 Å². The van der Waals surface area contributed by atoms with E-state index in [1.165, 1.54) is 6.20 Å². The SMILES string of the molecule is Cc1ccc(C)c(Nc2nncc(Nc3cc(Cl)ccc3Cl)n2)c1. The first kappa shape index (κ1) is 16.5. The van der Waals surface area contributed by atoms with Gasteiger partial charge in [-0.15, -0.1) is 5.10 Å². The molecule has 0 atom stereocenters. The van der Waals surface area contributed by atoms with Crippen molar-refractivity contribution in [3.05, 3.63) is 63.8 Å². The molecule has 0 radical (unpaired) electrons. The molecule has 0 unspecified atom stereocenters. The molecule has 0 saturated carbocycles. The lowest BCUT2D eigenvalue weighted by Gasteiger charge is -2.11. The maximum Gasteiger partial charge on any atom is 0.249 e. The molecule has 2 aromatic carbocycles. The fourth-order valence-corrected chi connectivity index (χ4v) is 2.48. The highest BCUT2D eigenvalue weighted by molar-refractivity contribution is 6.35. The van der Waals surface area contributed by atoms with Crippen molar-refractivity contribution < 1.29 is 0 Å². The molecule has 0 aliphatic carbocycles. The molecule has 1 heterocycles. The minimum Gasteiger partial charge on any atom is -0.338 e. The maximum atomic E-state index is 6.15. The molecule has 0 bridgehead atoms. The molecule has 0 fully saturated rings. The summed E-state index contributed by atoms with van der Waals surface area (Å²) in [6.07, 6.45) is 1.52. The molecule has 1 aromatic heterocycles. The summed E-state index contributed by atoms with van der Waals surface area (Å²) in [7, 11) is 0. The van der Waals surface area contributed by atoms with Crippen molar-refractivity contribution in [3.8, 4) is 0 Å². The van der Waals surface area contributed by atoms with Gasteiger partial charge in [-0.1, -0.05) is 35.3 Å². The van der Waals surface area contributed by atoms with Crippen molar-refractivity contribution >= 4 is 46.3 Å². The number of hydrogen-bond donors (Lipinski definition) is 2. The van der Waals surface area contributed by atoms with E-state index in [1.807, 2.05) is 26.0 Å². The fourth-order valence-electron chi connectivity index (χ4n) is 2.14. The van der Waals surface area contributed by atoms with Crippen LogP contribution in [0.5, 0.6) is 0 Å². The van der Waals surface area contributed by atoms with E-state index in [-0.39, 0.29) is 0 Å². The lowest BCUT2D eigenvalue weighted by molar-refractivity contribution is 0.981. The summed E-state index contributed by atoms with van der Waals surface area (Å²) in [6.45, 7) is 4.05. The topological polar surface area (TPSA) is 62.7 Å². The summed E-state index contributed by atoms with van der Waals surface area (Å²) in [4.78, 5) is 4.41. The maximum absolute atomic E-state index is 6.15. The Labute approximate surface area is 150 Å². The summed E-state index contributed by atoms with van der Waals surface area (Å²) in [5.74, 6) is 0.911. The Hall–Kier alpha value is -2.37. The third-order valence-electron chi connectivity index (χ3n) is 3.39. The van der Waals surface area contributed by atoms with Crippen LogP contribution in [0.3, 0.4) is 0 Å². The Morgan fingerprint density at radius 2 is 1.75 bits per heavy atom. The first-order valence-electron chi connectivity index (χ1n) is 7.27. The Morgan fingerprint density at radius 3 is 2.58 bits per heavy atom. The average molecular weight is 360 g/mol. The summed E-state index contributed by atoms with van der Waals surface area (Å²) in [5, 5.41) is 15.4. The standard InChI is InChI=1S/C17H15Cl2N5/c1-10-3-4-11(2)14(7-10)22-17-23-16(9-20-24-17)21-15-8-12(18)5-6-13(15)19/h3-9H,1-2H3,(H2,21,22,23,24). The summed E-state index contributed by atoms with van der Waals surface area (Å²) < 4.78 is 0. The second-order valence-electron chi connectivity index (χ2n) is 5.36. The van der Waals surface area contributed by atoms with Crippen molar-refractivity contribution in [1.29, 1.82) is 0 Å².